The lowest BCUT2D eigenvalue weighted by atomic mass is 9.98. The van der Waals surface area contributed by atoms with Gasteiger partial charge in [0, 0.05) is 69.5 Å². The van der Waals surface area contributed by atoms with Gasteiger partial charge in [-0.05, 0) is 75.3 Å². The van der Waals surface area contributed by atoms with Crippen molar-refractivity contribution in [3.05, 3.63) is 194 Å². The van der Waals surface area contributed by atoms with Crippen molar-refractivity contribution >= 4 is 34.6 Å². The molecule has 18 heteroatoms. The zero-order valence-electron chi connectivity index (χ0n) is 40.0. The predicted molar refractivity (Wildman–Crippen MR) is 265 cm³/mol. The van der Waals surface area contributed by atoms with Crippen molar-refractivity contribution < 1.29 is 50.6 Å². The van der Waals surface area contributed by atoms with Crippen LogP contribution in [0, 0.1) is 17.5 Å². The largest absolute Gasteiger partial charge is 0.448 e. The number of H-pyrrole nitrogens is 1. The minimum absolute atomic E-state index is 0.0316. The molecule has 0 bridgehead atoms. The SMILES string of the molecule is CC(F)(F)c1cccc(-c2cc(F)c(C(=O)NCCOCCN(CC(=O)N3CCN(C(=O)c4cc(Cc5n[nH]c(=O)c6ccccc56)ccc4F)CC3)C(=O)OCC3c4ccccc4-c4ccccc43)c(F)c2)c1. The molecule has 380 valence electrons. The number of nitrogens with one attached hydrogen (secondary N) is 2. The summed E-state index contributed by atoms with van der Waals surface area (Å²) in [5.41, 5.74) is 3.54. The van der Waals surface area contributed by atoms with Crippen molar-refractivity contribution in [1.82, 2.24) is 30.2 Å². The number of hydrogen-bond acceptors (Lipinski definition) is 8. The van der Waals surface area contributed by atoms with Gasteiger partial charge in [0.05, 0.1) is 29.9 Å². The minimum atomic E-state index is -3.18. The quantitative estimate of drug-likeness (QED) is 0.0721. The number of aromatic amines is 1. The summed E-state index contributed by atoms with van der Waals surface area (Å²) in [6.07, 6.45) is -0.581. The predicted octanol–water partition coefficient (Wildman–Crippen LogP) is 8.69. The Balaban J connectivity index is 0.815. The first kappa shape index (κ1) is 50.7. The highest BCUT2D eigenvalue weighted by atomic mass is 19.3. The second-order valence-corrected chi connectivity index (χ2v) is 18.1. The average molecular weight is 1010 g/mol. The number of piperazine rings is 1. The van der Waals surface area contributed by atoms with E-state index in [4.69, 9.17) is 9.47 Å². The van der Waals surface area contributed by atoms with E-state index in [0.29, 0.717) is 29.0 Å². The number of carbonyl (C=O) groups is 4. The number of halogens is 5. The fraction of sp³-hybridized carbons (Fsp3) is 0.250. The molecule has 0 atom stereocenters. The second-order valence-electron chi connectivity index (χ2n) is 18.1. The number of ether oxygens (including phenoxy) is 2. The van der Waals surface area contributed by atoms with Crippen molar-refractivity contribution in [2.24, 2.45) is 0 Å². The zero-order valence-corrected chi connectivity index (χ0v) is 40.0. The molecule has 1 aliphatic carbocycles. The summed E-state index contributed by atoms with van der Waals surface area (Å²) in [7, 11) is 0. The van der Waals surface area contributed by atoms with E-state index in [2.05, 4.69) is 15.5 Å². The number of fused-ring (bicyclic) bond motifs is 4. The van der Waals surface area contributed by atoms with Gasteiger partial charge in [0.2, 0.25) is 5.91 Å². The van der Waals surface area contributed by atoms with E-state index < -0.39 is 59.3 Å². The van der Waals surface area contributed by atoms with E-state index >= 15 is 13.2 Å². The van der Waals surface area contributed by atoms with Crippen LogP contribution in [0.4, 0.5) is 26.7 Å². The highest BCUT2D eigenvalue weighted by molar-refractivity contribution is 5.96. The molecule has 74 heavy (non-hydrogen) atoms. The Hall–Kier alpha value is -8.25. The van der Waals surface area contributed by atoms with Crippen LogP contribution in [-0.2, 0) is 26.6 Å². The van der Waals surface area contributed by atoms with Crippen LogP contribution in [0.15, 0.2) is 132 Å². The van der Waals surface area contributed by atoms with Crippen molar-refractivity contribution in [1.29, 1.82) is 0 Å². The Kier molecular flexibility index (Phi) is 15.0. The van der Waals surface area contributed by atoms with Gasteiger partial charge in [-0.25, -0.2) is 31.8 Å². The van der Waals surface area contributed by atoms with E-state index in [1.54, 1.807) is 30.3 Å². The topological polar surface area (TPSA) is 154 Å². The van der Waals surface area contributed by atoms with E-state index in [1.165, 1.54) is 45.0 Å². The molecule has 9 rings (SSSR count). The number of rotatable bonds is 16. The normalized spacial score (nSPS) is 13.4. The van der Waals surface area contributed by atoms with Crippen LogP contribution in [0.3, 0.4) is 0 Å². The Bertz CT molecular complexity index is 3270. The van der Waals surface area contributed by atoms with Gasteiger partial charge in [0.15, 0.2) is 0 Å². The van der Waals surface area contributed by atoms with E-state index in [0.717, 1.165) is 40.5 Å². The standard InChI is InChI=1S/C56H49F5N6O7/c1-56(60,61)37-10-8-9-35(29-37)36-30-47(58)51(48(59)31-36)53(70)62-19-25-73-26-24-67(55(72)74-33-45-40-13-4-2-11-38(40)39-12-3-5-14-41(39)45)32-50(68)65-20-22-66(23-21-65)54(71)44-27-34(17-18-46(44)57)28-49-42-15-6-7-16-43(42)52(69)64-63-49/h2-18,27,29-31,45H,19-26,28,32-33H2,1H3,(H,62,70)(H,64,69). The van der Waals surface area contributed by atoms with Crippen LogP contribution in [0.5, 0.6) is 0 Å². The average Bonchev–Trinajstić information content (AvgIpc) is 3.72. The van der Waals surface area contributed by atoms with Crippen molar-refractivity contribution in [3.63, 3.8) is 0 Å². The van der Waals surface area contributed by atoms with Gasteiger partial charge >= 0.3 is 6.09 Å². The van der Waals surface area contributed by atoms with Gasteiger partial charge in [0.25, 0.3) is 23.3 Å². The summed E-state index contributed by atoms with van der Waals surface area (Å²) in [5.74, 6) is -8.67. The van der Waals surface area contributed by atoms with E-state index in [1.807, 2.05) is 48.5 Å². The molecule has 13 nitrogen and oxygen atoms in total. The third-order valence-electron chi connectivity index (χ3n) is 13.3. The smallest absolute Gasteiger partial charge is 0.410 e. The monoisotopic (exact) mass is 1010 g/mol. The summed E-state index contributed by atoms with van der Waals surface area (Å²) < 4.78 is 85.1. The van der Waals surface area contributed by atoms with Crippen LogP contribution >= 0.6 is 0 Å². The second kappa shape index (κ2) is 21.8. The maximum Gasteiger partial charge on any atom is 0.410 e. The number of amides is 4. The molecule has 2 aliphatic rings. The zero-order chi connectivity index (χ0) is 52.1. The van der Waals surface area contributed by atoms with E-state index in [9.17, 15) is 32.8 Å². The summed E-state index contributed by atoms with van der Waals surface area (Å²) >= 11 is 0. The number of aromatic nitrogens is 2. The maximum absolute atomic E-state index is 15.3. The molecule has 1 aliphatic heterocycles. The van der Waals surface area contributed by atoms with Crippen LogP contribution in [0.2, 0.25) is 0 Å². The number of carbonyl (C=O) groups excluding carboxylic acids is 4. The summed E-state index contributed by atoms with van der Waals surface area (Å²) in [5, 5.41) is 10.2. The number of alkyl halides is 2. The first-order chi connectivity index (χ1) is 35.6. The molecular weight excluding hydrogens is 964 g/mol. The Labute approximate surface area is 421 Å². The molecule has 0 radical (unpaired) electrons. The molecular formula is C56H49F5N6O7. The van der Waals surface area contributed by atoms with Crippen molar-refractivity contribution in [3.8, 4) is 22.3 Å². The lowest BCUT2D eigenvalue weighted by Gasteiger charge is -2.36. The van der Waals surface area contributed by atoms with Gasteiger partial charge in [-0.15, -0.1) is 0 Å². The van der Waals surface area contributed by atoms with Crippen LogP contribution < -0.4 is 10.9 Å². The Morgan fingerprint density at radius 1 is 0.743 bits per heavy atom. The molecule has 1 fully saturated rings. The Morgan fingerprint density at radius 3 is 2.08 bits per heavy atom. The maximum atomic E-state index is 15.3. The lowest BCUT2D eigenvalue weighted by Crippen LogP contribution is -2.53. The molecule has 0 saturated carbocycles. The molecule has 2 heterocycles. The van der Waals surface area contributed by atoms with Gasteiger partial charge < -0.3 is 24.6 Å². The van der Waals surface area contributed by atoms with Crippen LogP contribution in [0.1, 0.15) is 61.5 Å². The molecule has 7 aromatic rings. The highest BCUT2D eigenvalue weighted by Gasteiger charge is 2.32. The first-order valence-electron chi connectivity index (χ1n) is 23.9. The van der Waals surface area contributed by atoms with Gasteiger partial charge in [0.1, 0.15) is 36.2 Å². The molecule has 1 aromatic heterocycles. The molecule has 0 unspecified atom stereocenters. The first-order valence-corrected chi connectivity index (χ1v) is 23.9. The molecule has 2 N–H and O–H groups in total. The third-order valence-corrected chi connectivity index (χ3v) is 13.3. The fourth-order valence-corrected chi connectivity index (χ4v) is 9.39. The van der Waals surface area contributed by atoms with Crippen LogP contribution in [0.25, 0.3) is 33.0 Å². The minimum Gasteiger partial charge on any atom is -0.448 e. The van der Waals surface area contributed by atoms with Crippen molar-refractivity contribution in [2.45, 2.75) is 25.2 Å². The summed E-state index contributed by atoms with van der Waals surface area (Å²) in [6.45, 7) is -0.0472. The summed E-state index contributed by atoms with van der Waals surface area (Å²) in [4.78, 5) is 70.9. The summed E-state index contributed by atoms with van der Waals surface area (Å²) in [6, 6.07) is 33.7. The number of nitrogens with zero attached hydrogens (tertiary/aromatic N) is 4. The van der Waals surface area contributed by atoms with Gasteiger partial charge in [-0.2, -0.15) is 5.10 Å². The van der Waals surface area contributed by atoms with Crippen LogP contribution in [-0.4, -0.2) is 114 Å². The number of hydrogen-bond donors (Lipinski definition) is 2. The van der Waals surface area contributed by atoms with E-state index in [-0.39, 0.29) is 99.2 Å². The molecule has 4 amide bonds. The van der Waals surface area contributed by atoms with Crippen molar-refractivity contribution in [2.75, 3.05) is 65.6 Å². The highest BCUT2D eigenvalue weighted by Crippen LogP contribution is 2.44. The number of benzene rings is 6. The fourth-order valence-electron chi connectivity index (χ4n) is 9.39. The lowest BCUT2D eigenvalue weighted by molar-refractivity contribution is -0.133. The molecule has 1 saturated heterocycles. The van der Waals surface area contributed by atoms with Gasteiger partial charge in [-0.1, -0.05) is 91.0 Å². The van der Waals surface area contributed by atoms with Gasteiger partial charge in [-0.3, -0.25) is 24.1 Å². The molecule has 0 spiro atoms. The Morgan fingerprint density at radius 2 is 1.39 bits per heavy atom. The third kappa shape index (κ3) is 11.0. The molecule has 6 aromatic carbocycles.